The summed E-state index contributed by atoms with van der Waals surface area (Å²) in [5.41, 5.74) is 1.16. The van der Waals surface area contributed by atoms with Gasteiger partial charge in [0.1, 0.15) is 11.5 Å². The van der Waals surface area contributed by atoms with Crippen molar-refractivity contribution in [1.82, 2.24) is 0 Å². The Morgan fingerprint density at radius 3 is 2.69 bits per heavy atom. The van der Waals surface area contributed by atoms with Crippen molar-refractivity contribution in [2.45, 2.75) is 26.7 Å². The molecule has 0 aliphatic heterocycles. The van der Waals surface area contributed by atoms with E-state index < -0.39 is 0 Å². The zero-order valence-electron chi connectivity index (χ0n) is 10.2. The Morgan fingerprint density at radius 2 is 2.06 bits per heavy atom. The Kier molecular flexibility index (Phi) is 5.48. The maximum absolute atomic E-state index is 5.70. The molecule has 0 saturated heterocycles. The van der Waals surface area contributed by atoms with E-state index in [2.05, 4.69) is 13.5 Å². The molecule has 16 heavy (non-hydrogen) atoms. The lowest BCUT2D eigenvalue weighted by Gasteiger charge is -2.12. The first kappa shape index (κ1) is 12.6. The first-order valence-corrected chi connectivity index (χ1v) is 5.81. The van der Waals surface area contributed by atoms with Gasteiger partial charge in [-0.2, -0.15) is 0 Å². The fourth-order valence-corrected chi connectivity index (χ4v) is 1.46. The summed E-state index contributed by atoms with van der Waals surface area (Å²) >= 11 is 0. The highest BCUT2D eigenvalue weighted by Crippen LogP contribution is 2.25. The quantitative estimate of drug-likeness (QED) is 0.654. The molecule has 0 radical (unpaired) electrons. The molecule has 0 fully saturated rings. The van der Waals surface area contributed by atoms with Crippen LogP contribution in [0.15, 0.2) is 30.9 Å². The van der Waals surface area contributed by atoms with Crippen LogP contribution in [0.5, 0.6) is 11.5 Å². The van der Waals surface area contributed by atoms with E-state index in [4.69, 9.17) is 9.47 Å². The summed E-state index contributed by atoms with van der Waals surface area (Å²) < 4.78 is 11.2. The van der Waals surface area contributed by atoms with Gasteiger partial charge in [-0.3, -0.25) is 0 Å². The molecule has 1 rings (SSSR count). The van der Waals surface area contributed by atoms with Crippen LogP contribution in [0.2, 0.25) is 0 Å². The molecule has 0 aliphatic rings. The van der Waals surface area contributed by atoms with Gasteiger partial charge in [0.2, 0.25) is 0 Å². The van der Waals surface area contributed by atoms with Gasteiger partial charge >= 0.3 is 0 Å². The predicted octanol–water partition coefficient (Wildman–Crippen LogP) is 3.60. The molecule has 0 saturated carbocycles. The SMILES string of the molecule is C=CCc1ccc(OCC)cc1OCCC. The summed E-state index contributed by atoms with van der Waals surface area (Å²) in [6.45, 7) is 9.23. The van der Waals surface area contributed by atoms with E-state index in [1.807, 2.05) is 31.2 Å². The van der Waals surface area contributed by atoms with Crippen LogP contribution in [0.1, 0.15) is 25.8 Å². The minimum atomic E-state index is 0.675. The molecule has 0 unspecified atom stereocenters. The number of ether oxygens (including phenoxy) is 2. The lowest BCUT2D eigenvalue weighted by atomic mass is 10.1. The molecule has 0 N–H and O–H groups in total. The van der Waals surface area contributed by atoms with Crippen molar-refractivity contribution >= 4 is 0 Å². The van der Waals surface area contributed by atoms with Gasteiger partial charge in [-0.25, -0.2) is 0 Å². The molecule has 0 amide bonds. The zero-order chi connectivity index (χ0) is 11.8. The minimum Gasteiger partial charge on any atom is -0.494 e. The molecule has 0 aromatic heterocycles. The Bertz CT molecular complexity index is 332. The standard InChI is InChI=1S/C14H20O2/c1-4-7-12-8-9-13(15-6-3)11-14(12)16-10-5-2/h4,8-9,11H,1,5-7,10H2,2-3H3. The molecule has 0 spiro atoms. The largest absolute Gasteiger partial charge is 0.494 e. The first-order valence-electron chi connectivity index (χ1n) is 5.81. The van der Waals surface area contributed by atoms with Crippen LogP contribution in [0.25, 0.3) is 0 Å². The lowest BCUT2D eigenvalue weighted by molar-refractivity contribution is 0.306. The number of rotatable bonds is 7. The lowest BCUT2D eigenvalue weighted by Crippen LogP contribution is -2.00. The fourth-order valence-electron chi connectivity index (χ4n) is 1.46. The molecule has 0 aliphatic carbocycles. The van der Waals surface area contributed by atoms with E-state index in [1.165, 1.54) is 0 Å². The average Bonchev–Trinajstić information content (AvgIpc) is 2.30. The van der Waals surface area contributed by atoms with E-state index in [0.717, 1.165) is 36.5 Å². The number of hydrogen-bond donors (Lipinski definition) is 0. The van der Waals surface area contributed by atoms with Gasteiger partial charge in [-0.15, -0.1) is 6.58 Å². The van der Waals surface area contributed by atoms with E-state index >= 15 is 0 Å². The minimum absolute atomic E-state index is 0.675. The fraction of sp³-hybridized carbons (Fsp3) is 0.429. The van der Waals surface area contributed by atoms with Gasteiger partial charge in [0.25, 0.3) is 0 Å². The van der Waals surface area contributed by atoms with Gasteiger partial charge in [-0.1, -0.05) is 19.1 Å². The summed E-state index contributed by atoms with van der Waals surface area (Å²) in [6.07, 6.45) is 3.71. The zero-order valence-corrected chi connectivity index (χ0v) is 10.2. The Labute approximate surface area is 97.9 Å². The van der Waals surface area contributed by atoms with Crippen LogP contribution in [0, 0.1) is 0 Å². The van der Waals surface area contributed by atoms with Gasteiger partial charge in [0.05, 0.1) is 13.2 Å². The van der Waals surface area contributed by atoms with Crippen molar-refractivity contribution in [3.63, 3.8) is 0 Å². The van der Waals surface area contributed by atoms with Gasteiger partial charge in [-0.05, 0) is 31.4 Å². The Morgan fingerprint density at radius 1 is 1.25 bits per heavy atom. The Balaban J connectivity index is 2.86. The highest BCUT2D eigenvalue weighted by molar-refractivity contribution is 5.41. The van der Waals surface area contributed by atoms with Crippen LogP contribution in [-0.2, 0) is 6.42 Å². The Hall–Kier alpha value is -1.44. The van der Waals surface area contributed by atoms with Crippen molar-refractivity contribution in [2.24, 2.45) is 0 Å². The second kappa shape index (κ2) is 6.94. The highest BCUT2D eigenvalue weighted by atomic mass is 16.5. The monoisotopic (exact) mass is 220 g/mol. The second-order valence-electron chi connectivity index (χ2n) is 3.54. The molecule has 2 heteroatoms. The van der Waals surface area contributed by atoms with E-state index in [9.17, 15) is 0 Å². The van der Waals surface area contributed by atoms with Crippen molar-refractivity contribution in [1.29, 1.82) is 0 Å². The summed E-state index contributed by atoms with van der Waals surface area (Å²) in [7, 11) is 0. The molecule has 1 aromatic rings. The molecular formula is C14H20O2. The summed E-state index contributed by atoms with van der Waals surface area (Å²) in [5.74, 6) is 1.77. The summed E-state index contributed by atoms with van der Waals surface area (Å²) in [6, 6.07) is 5.97. The predicted molar refractivity (Wildman–Crippen MR) is 67.3 cm³/mol. The molecule has 0 atom stereocenters. The van der Waals surface area contributed by atoms with Crippen molar-refractivity contribution in [3.05, 3.63) is 36.4 Å². The van der Waals surface area contributed by atoms with Crippen LogP contribution in [-0.4, -0.2) is 13.2 Å². The number of allylic oxidation sites excluding steroid dienone is 1. The molecule has 0 heterocycles. The van der Waals surface area contributed by atoms with Crippen LogP contribution < -0.4 is 9.47 Å². The molecule has 2 nitrogen and oxygen atoms in total. The molecule has 1 aromatic carbocycles. The topological polar surface area (TPSA) is 18.5 Å². The van der Waals surface area contributed by atoms with Gasteiger partial charge in [0.15, 0.2) is 0 Å². The average molecular weight is 220 g/mol. The van der Waals surface area contributed by atoms with Crippen LogP contribution >= 0.6 is 0 Å². The van der Waals surface area contributed by atoms with E-state index in [1.54, 1.807) is 0 Å². The molecule has 0 bridgehead atoms. The normalized spacial score (nSPS) is 9.88. The van der Waals surface area contributed by atoms with Crippen molar-refractivity contribution in [3.8, 4) is 11.5 Å². The van der Waals surface area contributed by atoms with Gasteiger partial charge in [0, 0.05) is 6.07 Å². The second-order valence-corrected chi connectivity index (χ2v) is 3.54. The maximum Gasteiger partial charge on any atom is 0.126 e. The molecular weight excluding hydrogens is 200 g/mol. The van der Waals surface area contributed by atoms with Crippen LogP contribution in [0.3, 0.4) is 0 Å². The third-order valence-electron chi connectivity index (χ3n) is 2.18. The number of hydrogen-bond acceptors (Lipinski definition) is 2. The third kappa shape index (κ3) is 3.61. The molecule has 88 valence electrons. The highest BCUT2D eigenvalue weighted by Gasteiger charge is 2.04. The van der Waals surface area contributed by atoms with Gasteiger partial charge < -0.3 is 9.47 Å². The number of benzene rings is 1. The first-order chi connectivity index (χ1) is 7.81. The van der Waals surface area contributed by atoms with E-state index in [-0.39, 0.29) is 0 Å². The third-order valence-corrected chi connectivity index (χ3v) is 2.18. The smallest absolute Gasteiger partial charge is 0.126 e. The maximum atomic E-state index is 5.70. The van der Waals surface area contributed by atoms with Crippen LogP contribution in [0.4, 0.5) is 0 Å². The summed E-state index contributed by atoms with van der Waals surface area (Å²) in [4.78, 5) is 0. The summed E-state index contributed by atoms with van der Waals surface area (Å²) in [5, 5.41) is 0. The van der Waals surface area contributed by atoms with Crippen molar-refractivity contribution < 1.29 is 9.47 Å². The van der Waals surface area contributed by atoms with Crippen molar-refractivity contribution in [2.75, 3.05) is 13.2 Å². The van der Waals surface area contributed by atoms with E-state index in [0.29, 0.717) is 6.61 Å².